The van der Waals surface area contributed by atoms with Crippen LogP contribution in [0.2, 0.25) is 0 Å². The third kappa shape index (κ3) is 2.15. The largest absolute Gasteiger partial charge is 0.384 e. The van der Waals surface area contributed by atoms with Gasteiger partial charge in [-0.2, -0.15) is 0 Å². The van der Waals surface area contributed by atoms with Crippen LogP contribution in [0.4, 0.5) is 5.82 Å². The van der Waals surface area contributed by atoms with Crippen LogP contribution in [-0.2, 0) is 0 Å². The van der Waals surface area contributed by atoms with Crippen LogP contribution in [0.5, 0.6) is 0 Å². The van der Waals surface area contributed by atoms with E-state index in [1.54, 1.807) is 18.3 Å². The second-order valence-corrected chi connectivity index (χ2v) is 5.11. The van der Waals surface area contributed by atoms with Crippen molar-refractivity contribution in [2.75, 3.05) is 18.8 Å². The van der Waals surface area contributed by atoms with Crippen LogP contribution in [-0.4, -0.2) is 28.9 Å². The van der Waals surface area contributed by atoms with E-state index in [4.69, 9.17) is 5.73 Å². The Morgan fingerprint density at radius 1 is 1.56 bits per heavy atom. The number of likely N-dealkylation sites (tertiary alicyclic amines) is 1. The zero-order valence-electron chi connectivity index (χ0n) is 9.73. The van der Waals surface area contributed by atoms with Gasteiger partial charge in [0.1, 0.15) is 5.82 Å². The normalized spacial score (nSPS) is 18.8. The van der Waals surface area contributed by atoms with Gasteiger partial charge < -0.3 is 10.6 Å². The molecule has 2 heterocycles. The van der Waals surface area contributed by atoms with Gasteiger partial charge in [0.15, 0.2) is 0 Å². The Balaban J connectivity index is 2.15. The molecule has 1 aliphatic rings. The number of aromatic nitrogens is 1. The number of carbonyl (C=O) groups excluding carboxylic acids is 1. The first kappa shape index (κ1) is 10.9. The van der Waals surface area contributed by atoms with Crippen molar-refractivity contribution in [2.24, 2.45) is 5.41 Å². The van der Waals surface area contributed by atoms with Gasteiger partial charge in [0.05, 0.1) is 0 Å². The summed E-state index contributed by atoms with van der Waals surface area (Å²) in [5, 5.41) is 0. The van der Waals surface area contributed by atoms with Gasteiger partial charge in [0.2, 0.25) is 0 Å². The van der Waals surface area contributed by atoms with Crippen LogP contribution in [0.3, 0.4) is 0 Å². The fraction of sp³-hybridized carbons (Fsp3) is 0.500. The summed E-state index contributed by atoms with van der Waals surface area (Å²) in [7, 11) is 0. The molecule has 1 amide bonds. The Hall–Kier alpha value is -1.58. The number of rotatable bonds is 1. The van der Waals surface area contributed by atoms with E-state index in [-0.39, 0.29) is 11.3 Å². The van der Waals surface area contributed by atoms with Crippen molar-refractivity contribution >= 4 is 11.7 Å². The van der Waals surface area contributed by atoms with Gasteiger partial charge in [-0.25, -0.2) is 4.98 Å². The van der Waals surface area contributed by atoms with Gasteiger partial charge >= 0.3 is 0 Å². The fourth-order valence-corrected chi connectivity index (χ4v) is 2.05. The summed E-state index contributed by atoms with van der Waals surface area (Å²) in [6.07, 6.45) is 2.63. The highest BCUT2D eigenvalue weighted by Gasteiger charge is 2.32. The van der Waals surface area contributed by atoms with Crippen molar-refractivity contribution in [2.45, 2.75) is 20.3 Å². The summed E-state index contributed by atoms with van der Waals surface area (Å²) >= 11 is 0. The highest BCUT2D eigenvalue weighted by molar-refractivity contribution is 5.94. The van der Waals surface area contributed by atoms with Gasteiger partial charge in [-0.15, -0.1) is 0 Å². The molecule has 0 unspecified atom stereocenters. The topological polar surface area (TPSA) is 59.2 Å². The Bertz CT molecular complexity index is 414. The maximum Gasteiger partial charge on any atom is 0.254 e. The predicted molar refractivity (Wildman–Crippen MR) is 63.0 cm³/mol. The highest BCUT2D eigenvalue weighted by Crippen LogP contribution is 2.29. The second-order valence-electron chi connectivity index (χ2n) is 5.11. The van der Waals surface area contributed by atoms with Crippen LogP contribution < -0.4 is 5.73 Å². The number of nitrogens with two attached hydrogens (primary N) is 1. The van der Waals surface area contributed by atoms with Gasteiger partial charge in [0, 0.05) is 24.8 Å². The average molecular weight is 219 g/mol. The SMILES string of the molecule is CC1(C)CCN(C(=O)c2ccnc(N)c2)C1. The Morgan fingerprint density at radius 3 is 2.88 bits per heavy atom. The molecule has 16 heavy (non-hydrogen) atoms. The van der Waals surface area contributed by atoms with Crippen molar-refractivity contribution in [1.29, 1.82) is 0 Å². The molecule has 0 radical (unpaired) electrons. The van der Waals surface area contributed by atoms with Crippen LogP contribution in [0.25, 0.3) is 0 Å². The number of pyridine rings is 1. The Kier molecular flexibility index (Phi) is 2.58. The lowest BCUT2D eigenvalue weighted by molar-refractivity contribution is 0.0778. The van der Waals surface area contributed by atoms with Gasteiger partial charge in [-0.05, 0) is 24.0 Å². The van der Waals surface area contributed by atoms with Gasteiger partial charge in [0.25, 0.3) is 5.91 Å². The minimum absolute atomic E-state index is 0.0553. The Labute approximate surface area is 95.5 Å². The molecule has 1 fully saturated rings. The molecule has 0 saturated carbocycles. The molecule has 1 aromatic heterocycles. The monoisotopic (exact) mass is 219 g/mol. The standard InChI is InChI=1S/C12H17N3O/c1-12(2)4-6-15(8-12)11(16)9-3-5-14-10(13)7-9/h3,5,7H,4,6,8H2,1-2H3,(H2,13,14). The minimum Gasteiger partial charge on any atom is -0.384 e. The molecule has 4 heteroatoms. The van der Waals surface area contributed by atoms with Crippen LogP contribution in [0.1, 0.15) is 30.6 Å². The zero-order valence-corrected chi connectivity index (χ0v) is 9.73. The Morgan fingerprint density at radius 2 is 2.31 bits per heavy atom. The predicted octanol–water partition coefficient (Wildman–Crippen LogP) is 1.54. The van der Waals surface area contributed by atoms with Crippen molar-refractivity contribution in [3.8, 4) is 0 Å². The average Bonchev–Trinajstić information content (AvgIpc) is 2.58. The summed E-state index contributed by atoms with van der Waals surface area (Å²) in [5.74, 6) is 0.448. The van der Waals surface area contributed by atoms with E-state index in [9.17, 15) is 4.79 Å². The van der Waals surface area contributed by atoms with E-state index < -0.39 is 0 Å². The van der Waals surface area contributed by atoms with Gasteiger partial charge in [-0.3, -0.25) is 4.79 Å². The first-order valence-corrected chi connectivity index (χ1v) is 5.49. The smallest absolute Gasteiger partial charge is 0.254 e. The molecule has 0 aliphatic carbocycles. The van der Waals surface area contributed by atoms with Crippen LogP contribution in [0.15, 0.2) is 18.3 Å². The van der Waals surface area contributed by atoms with E-state index in [1.165, 1.54) is 0 Å². The number of nitrogens with zero attached hydrogens (tertiary/aromatic N) is 2. The van der Waals surface area contributed by atoms with Crippen molar-refractivity contribution in [1.82, 2.24) is 9.88 Å². The quantitative estimate of drug-likeness (QED) is 0.779. The number of nitrogen functional groups attached to an aromatic ring is 1. The number of anilines is 1. The van der Waals surface area contributed by atoms with E-state index in [0.717, 1.165) is 19.5 Å². The van der Waals surface area contributed by atoms with Crippen molar-refractivity contribution in [3.05, 3.63) is 23.9 Å². The maximum atomic E-state index is 12.1. The number of hydrogen-bond acceptors (Lipinski definition) is 3. The molecule has 2 rings (SSSR count). The van der Waals surface area contributed by atoms with E-state index >= 15 is 0 Å². The molecule has 0 atom stereocenters. The third-order valence-electron chi connectivity index (χ3n) is 2.99. The molecule has 86 valence electrons. The molecule has 2 N–H and O–H groups in total. The first-order valence-electron chi connectivity index (χ1n) is 5.49. The zero-order chi connectivity index (χ0) is 11.8. The molecular weight excluding hydrogens is 202 g/mol. The number of hydrogen-bond donors (Lipinski definition) is 1. The van der Waals surface area contributed by atoms with Crippen molar-refractivity contribution < 1.29 is 4.79 Å². The second kappa shape index (κ2) is 3.77. The van der Waals surface area contributed by atoms with E-state index in [0.29, 0.717) is 11.4 Å². The molecule has 1 aromatic rings. The van der Waals surface area contributed by atoms with Gasteiger partial charge in [-0.1, -0.05) is 13.8 Å². The summed E-state index contributed by atoms with van der Waals surface area (Å²) in [4.78, 5) is 17.9. The summed E-state index contributed by atoms with van der Waals surface area (Å²) in [5.41, 5.74) is 6.43. The molecule has 1 aliphatic heterocycles. The van der Waals surface area contributed by atoms with E-state index in [2.05, 4.69) is 18.8 Å². The molecular formula is C12H17N3O. The number of amides is 1. The third-order valence-corrected chi connectivity index (χ3v) is 2.99. The molecule has 0 spiro atoms. The summed E-state index contributed by atoms with van der Waals surface area (Å²) < 4.78 is 0. The molecule has 1 saturated heterocycles. The lowest BCUT2D eigenvalue weighted by Crippen LogP contribution is -2.30. The minimum atomic E-state index is 0.0553. The fourth-order valence-electron chi connectivity index (χ4n) is 2.05. The lowest BCUT2D eigenvalue weighted by atomic mass is 9.93. The number of carbonyl (C=O) groups is 1. The summed E-state index contributed by atoms with van der Waals surface area (Å²) in [6, 6.07) is 3.34. The first-order chi connectivity index (χ1) is 7.48. The van der Waals surface area contributed by atoms with Crippen molar-refractivity contribution in [3.63, 3.8) is 0 Å². The van der Waals surface area contributed by atoms with Crippen LogP contribution >= 0.6 is 0 Å². The van der Waals surface area contributed by atoms with Crippen LogP contribution in [0, 0.1) is 5.41 Å². The highest BCUT2D eigenvalue weighted by atomic mass is 16.2. The lowest BCUT2D eigenvalue weighted by Gasteiger charge is -2.19. The summed E-state index contributed by atoms with van der Waals surface area (Å²) in [6.45, 7) is 6.00. The molecule has 4 nitrogen and oxygen atoms in total. The van der Waals surface area contributed by atoms with E-state index in [1.807, 2.05) is 4.90 Å². The maximum absolute atomic E-state index is 12.1. The molecule has 0 aromatic carbocycles. The molecule has 0 bridgehead atoms.